The molecular formula is C20H28N6O2. The summed E-state index contributed by atoms with van der Waals surface area (Å²) in [6, 6.07) is 8.53. The highest BCUT2D eigenvalue weighted by molar-refractivity contribution is 5.79. The number of piperidine rings is 1. The summed E-state index contributed by atoms with van der Waals surface area (Å²) in [6.07, 6.45) is 4.80. The van der Waals surface area contributed by atoms with Gasteiger partial charge in [-0.3, -0.25) is 9.69 Å². The van der Waals surface area contributed by atoms with Crippen LogP contribution in [-0.4, -0.2) is 69.2 Å². The van der Waals surface area contributed by atoms with Gasteiger partial charge < -0.3 is 9.64 Å². The van der Waals surface area contributed by atoms with Crippen molar-refractivity contribution in [3.8, 4) is 5.75 Å². The van der Waals surface area contributed by atoms with Gasteiger partial charge in [0.15, 0.2) is 5.82 Å². The third-order valence-electron chi connectivity index (χ3n) is 5.75. The SMILES string of the molecule is COc1ccccc1CC(=O)N1CCCC(N(C)Cc2nnnn2C2CC2)C1. The molecule has 8 nitrogen and oxygen atoms in total. The molecule has 2 fully saturated rings. The Labute approximate surface area is 165 Å². The average molecular weight is 384 g/mol. The second-order valence-electron chi connectivity index (χ2n) is 7.81. The highest BCUT2D eigenvalue weighted by atomic mass is 16.5. The zero-order chi connectivity index (χ0) is 19.5. The van der Waals surface area contributed by atoms with Crippen LogP contribution in [0.2, 0.25) is 0 Å². The minimum absolute atomic E-state index is 0.158. The summed E-state index contributed by atoms with van der Waals surface area (Å²) in [7, 11) is 3.75. The highest BCUT2D eigenvalue weighted by Gasteiger charge is 2.30. The Morgan fingerprint density at radius 1 is 1.29 bits per heavy atom. The Hall–Kier alpha value is -2.48. The molecule has 2 aromatic rings. The minimum atomic E-state index is 0.158. The number of carbonyl (C=O) groups excluding carboxylic acids is 1. The second-order valence-corrected chi connectivity index (χ2v) is 7.81. The van der Waals surface area contributed by atoms with Gasteiger partial charge in [-0.05, 0) is 49.2 Å². The molecule has 0 bridgehead atoms. The Kier molecular flexibility index (Phi) is 5.57. The number of aromatic nitrogens is 4. The summed E-state index contributed by atoms with van der Waals surface area (Å²) in [5, 5.41) is 12.2. The largest absolute Gasteiger partial charge is 0.496 e. The van der Waals surface area contributed by atoms with E-state index in [1.807, 2.05) is 33.8 Å². The van der Waals surface area contributed by atoms with Crippen LogP contribution in [0.4, 0.5) is 0 Å². The lowest BCUT2D eigenvalue weighted by molar-refractivity contribution is -0.132. The standard InChI is InChI=1S/C20H28N6O2/c1-24(14-19-21-22-23-26(19)16-9-10-16)17-7-5-11-25(13-17)20(27)12-15-6-3-4-8-18(15)28-2/h3-4,6,8,16-17H,5,7,9-14H2,1-2H3. The molecule has 2 aliphatic rings. The van der Waals surface area contributed by atoms with Gasteiger partial charge in [0, 0.05) is 24.7 Å². The van der Waals surface area contributed by atoms with Gasteiger partial charge in [-0.1, -0.05) is 18.2 Å². The van der Waals surface area contributed by atoms with Gasteiger partial charge in [0.2, 0.25) is 5.91 Å². The first-order chi connectivity index (χ1) is 13.7. The lowest BCUT2D eigenvalue weighted by Crippen LogP contribution is -2.49. The molecule has 8 heteroatoms. The number of nitrogens with zero attached hydrogens (tertiary/aromatic N) is 6. The molecule has 1 saturated heterocycles. The summed E-state index contributed by atoms with van der Waals surface area (Å²) in [5.41, 5.74) is 0.939. The van der Waals surface area contributed by atoms with E-state index in [4.69, 9.17) is 4.74 Å². The molecule has 0 N–H and O–H groups in total. The molecule has 28 heavy (non-hydrogen) atoms. The van der Waals surface area contributed by atoms with Crippen LogP contribution < -0.4 is 4.74 Å². The van der Waals surface area contributed by atoms with Crippen molar-refractivity contribution in [1.82, 2.24) is 30.0 Å². The lowest BCUT2D eigenvalue weighted by atomic mass is 10.0. The molecule has 1 aromatic carbocycles. The minimum Gasteiger partial charge on any atom is -0.496 e. The zero-order valence-corrected chi connectivity index (χ0v) is 16.6. The third-order valence-corrected chi connectivity index (χ3v) is 5.75. The number of amides is 1. The number of likely N-dealkylation sites (tertiary alicyclic amines) is 1. The molecule has 1 aromatic heterocycles. The topological polar surface area (TPSA) is 76.4 Å². The first kappa shape index (κ1) is 18.9. The van der Waals surface area contributed by atoms with Crippen LogP contribution >= 0.6 is 0 Å². The van der Waals surface area contributed by atoms with Crippen LogP contribution in [-0.2, 0) is 17.8 Å². The average Bonchev–Trinajstić information content (AvgIpc) is 3.47. The van der Waals surface area contributed by atoms with Crippen LogP contribution in [0.3, 0.4) is 0 Å². The second kappa shape index (κ2) is 8.26. The number of carbonyl (C=O) groups is 1. The van der Waals surface area contributed by atoms with Crippen LogP contribution in [0.1, 0.15) is 43.1 Å². The number of tetrazole rings is 1. The summed E-state index contributed by atoms with van der Waals surface area (Å²) in [5.74, 6) is 1.85. The Balaban J connectivity index is 1.36. The van der Waals surface area contributed by atoms with E-state index in [9.17, 15) is 4.79 Å². The number of benzene rings is 1. The van der Waals surface area contributed by atoms with Crippen molar-refractivity contribution in [3.05, 3.63) is 35.7 Å². The van der Waals surface area contributed by atoms with Gasteiger partial charge in [-0.2, -0.15) is 0 Å². The van der Waals surface area contributed by atoms with Gasteiger partial charge in [0.05, 0.1) is 26.1 Å². The number of hydrogen-bond acceptors (Lipinski definition) is 6. The smallest absolute Gasteiger partial charge is 0.227 e. The molecule has 1 unspecified atom stereocenters. The zero-order valence-electron chi connectivity index (χ0n) is 16.6. The van der Waals surface area contributed by atoms with Crippen molar-refractivity contribution < 1.29 is 9.53 Å². The Bertz CT molecular complexity index is 819. The number of ether oxygens (including phenoxy) is 1. The molecule has 1 amide bonds. The molecule has 0 spiro atoms. The molecule has 1 atom stereocenters. The Morgan fingerprint density at radius 3 is 2.89 bits per heavy atom. The summed E-state index contributed by atoms with van der Waals surface area (Å²) in [6.45, 7) is 2.27. The van der Waals surface area contributed by atoms with Crippen LogP contribution in [0.15, 0.2) is 24.3 Å². The van der Waals surface area contributed by atoms with Crippen LogP contribution in [0.25, 0.3) is 0 Å². The fraction of sp³-hybridized carbons (Fsp3) is 0.600. The quantitative estimate of drug-likeness (QED) is 0.723. The first-order valence-corrected chi connectivity index (χ1v) is 10.0. The van der Waals surface area contributed by atoms with E-state index < -0.39 is 0 Å². The van der Waals surface area contributed by atoms with Crippen molar-refractivity contribution >= 4 is 5.91 Å². The van der Waals surface area contributed by atoms with E-state index >= 15 is 0 Å². The molecule has 150 valence electrons. The monoisotopic (exact) mass is 384 g/mol. The molecular weight excluding hydrogens is 356 g/mol. The summed E-state index contributed by atoms with van der Waals surface area (Å²) >= 11 is 0. The predicted octanol–water partition coefficient (Wildman–Crippen LogP) is 1.68. The summed E-state index contributed by atoms with van der Waals surface area (Å²) < 4.78 is 7.35. The van der Waals surface area contributed by atoms with E-state index in [0.29, 0.717) is 25.0 Å². The van der Waals surface area contributed by atoms with Crippen molar-refractivity contribution in [2.75, 3.05) is 27.2 Å². The predicted molar refractivity (Wildman–Crippen MR) is 104 cm³/mol. The maximum Gasteiger partial charge on any atom is 0.227 e. The fourth-order valence-corrected chi connectivity index (χ4v) is 3.94. The molecule has 2 heterocycles. The number of methoxy groups -OCH3 is 1. The van der Waals surface area contributed by atoms with E-state index in [2.05, 4.69) is 27.5 Å². The van der Waals surface area contributed by atoms with Gasteiger partial charge in [-0.15, -0.1) is 5.10 Å². The number of hydrogen-bond donors (Lipinski definition) is 0. The molecule has 4 rings (SSSR count). The van der Waals surface area contributed by atoms with Crippen molar-refractivity contribution in [3.63, 3.8) is 0 Å². The first-order valence-electron chi connectivity index (χ1n) is 10.0. The normalized spacial score (nSPS) is 19.8. The molecule has 1 aliphatic carbocycles. The maximum atomic E-state index is 12.9. The van der Waals surface area contributed by atoms with E-state index in [1.54, 1.807) is 7.11 Å². The Morgan fingerprint density at radius 2 is 2.11 bits per heavy atom. The van der Waals surface area contributed by atoms with Gasteiger partial charge in [-0.25, -0.2) is 4.68 Å². The lowest BCUT2D eigenvalue weighted by Gasteiger charge is -2.37. The summed E-state index contributed by atoms with van der Waals surface area (Å²) in [4.78, 5) is 17.2. The molecule has 1 aliphatic heterocycles. The van der Waals surface area contributed by atoms with Crippen molar-refractivity contribution in [2.45, 2.75) is 50.7 Å². The van der Waals surface area contributed by atoms with Gasteiger partial charge >= 0.3 is 0 Å². The van der Waals surface area contributed by atoms with Crippen LogP contribution in [0.5, 0.6) is 5.75 Å². The maximum absolute atomic E-state index is 12.9. The van der Waals surface area contributed by atoms with Crippen molar-refractivity contribution in [1.29, 1.82) is 0 Å². The van der Waals surface area contributed by atoms with Gasteiger partial charge in [0.25, 0.3) is 0 Å². The number of para-hydroxylation sites is 1. The van der Waals surface area contributed by atoms with E-state index in [1.165, 1.54) is 0 Å². The third kappa shape index (κ3) is 4.16. The number of likely N-dealkylation sites (N-methyl/N-ethyl adjacent to an activating group) is 1. The van der Waals surface area contributed by atoms with Crippen molar-refractivity contribution in [2.24, 2.45) is 0 Å². The fourth-order valence-electron chi connectivity index (χ4n) is 3.94. The van der Waals surface area contributed by atoms with E-state index in [0.717, 1.165) is 55.9 Å². The van der Waals surface area contributed by atoms with E-state index in [-0.39, 0.29) is 5.91 Å². The van der Waals surface area contributed by atoms with Gasteiger partial charge in [0.1, 0.15) is 5.75 Å². The highest BCUT2D eigenvalue weighted by Crippen LogP contribution is 2.34. The number of rotatable bonds is 7. The van der Waals surface area contributed by atoms with Crippen LogP contribution in [0, 0.1) is 0 Å². The molecule has 0 radical (unpaired) electrons. The molecule has 1 saturated carbocycles.